The topological polar surface area (TPSA) is 58.6 Å². The third kappa shape index (κ3) is 4.07. The zero-order valence-corrected chi connectivity index (χ0v) is 12.5. The first-order valence-corrected chi connectivity index (χ1v) is 7.33. The number of hydrogen-bond acceptors (Lipinski definition) is 3. The highest BCUT2D eigenvalue weighted by Gasteiger charge is 2.28. The Morgan fingerprint density at radius 2 is 2.29 bits per heavy atom. The van der Waals surface area contributed by atoms with E-state index >= 15 is 0 Å². The van der Waals surface area contributed by atoms with Gasteiger partial charge in [-0.05, 0) is 49.9 Å². The zero-order chi connectivity index (χ0) is 15.2. The molecule has 1 aliphatic rings. The predicted octanol–water partition coefficient (Wildman–Crippen LogP) is 2.10. The second-order valence-corrected chi connectivity index (χ2v) is 5.19. The van der Waals surface area contributed by atoms with E-state index in [2.05, 4.69) is 17.2 Å². The summed E-state index contributed by atoms with van der Waals surface area (Å²) in [5, 5.41) is 11.7. The van der Waals surface area contributed by atoms with Gasteiger partial charge >= 0.3 is 0 Å². The minimum Gasteiger partial charge on any atom is -0.384 e. The Balaban J connectivity index is 2.10. The number of nitrogens with one attached hydrogen (secondary N) is 1. The number of aryl methyl sites for hydroxylation is 1. The van der Waals surface area contributed by atoms with Gasteiger partial charge in [0.1, 0.15) is 12.7 Å². The molecule has 0 saturated carbocycles. The quantitative estimate of drug-likeness (QED) is 0.837. The van der Waals surface area contributed by atoms with Crippen LogP contribution in [0.1, 0.15) is 37.8 Å². The van der Waals surface area contributed by atoms with Gasteiger partial charge in [0, 0.05) is 11.3 Å². The smallest absolute Gasteiger partial charge is 0.253 e. The number of ether oxygens (including phenoxy) is 1. The molecule has 0 aliphatic carbocycles. The number of carbonyl (C=O) groups excluding carboxylic acids is 1. The predicted molar refractivity (Wildman–Crippen MR) is 82.0 cm³/mol. The molecule has 2 rings (SSSR count). The molecule has 1 amide bonds. The van der Waals surface area contributed by atoms with Gasteiger partial charge in [0.05, 0.1) is 6.10 Å². The van der Waals surface area contributed by atoms with Gasteiger partial charge in [-0.2, -0.15) is 0 Å². The number of aliphatic hydroxyl groups is 1. The number of aliphatic hydroxyl groups excluding tert-OH is 1. The summed E-state index contributed by atoms with van der Waals surface area (Å²) in [6.45, 7) is 3.86. The van der Waals surface area contributed by atoms with Crippen LogP contribution in [0.25, 0.3) is 0 Å². The van der Waals surface area contributed by atoms with E-state index in [1.54, 1.807) is 0 Å². The number of amides is 1. The molecule has 1 fully saturated rings. The first-order chi connectivity index (χ1) is 10.1. The minimum atomic E-state index is -0.349. The van der Waals surface area contributed by atoms with Crippen LogP contribution >= 0.6 is 0 Å². The Morgan fingerprint density at radius 3 is 2.90 bits per heavy atom. The Hall–Kier alpha value is -1.83. The molecule has 112 valence electrons. The molecule has 0 spiro atoms. The second kappa shape index (κ2) is 7.26. The first kappa shape index (κ1) is 15.6. The van der Waals surface area contributed by atoms with Gasteiger partial charge in [-0.3, -0.25) is 4.79 Å². The summed E-state index contributed by atoms with van der Waals surface area (Å²) in [6, 6.07) is 5.64. The zero-order valence-electron chi connectivity index (χ0n) is 12.5. The van der Waals surface area contributed by atoms with Crippen molar-refractivity contribution in [3.8, 4) is 11.8 Å². The van der Waals surface area contributed by atoms with Crippen molar-refractivity contribution in [3.05, 3.63) is 29.3 Å². The second-order valence-electron chi connectivity index (χ2n) is 5.19. The van der Waals surface area contributed by atoms with E-state index in [1.807, 2.05) is 32.0 Å². The molecule has 2 atom stereocenters. The number of carbonyl (C=O) groups is 1. The van der Waals surface area contributed by atoms with E-state index in [-0.39, 0.29) is 24.7 Å². The van der Waals surface area contributed by atoms with E-state index in [4.69, 9.17) is 9.84 Å². The first-order valence-electron chi connectivity index (χ1n) is 7.33. The van der Waals surface area contributed by atoms with Gasteiger partial charge in [0.2, 0.25) is 0 Å². The van der Waals surface area contributed by atoms with Crippen molar-refractivity contribution in [2.75, 3.05) is 11.9 Å². The van der Waals surface area contributed by atoms with Crippen molar-refractivity contribution in [1.29, 1.82) is 0 Å². The Kier molecular flexibility index (Phi) is 5.38. The summed E-state index contributed by atoms with van der Waals surface area (Å²) in [5.41, 5.74) is 2.67. The molecular formula is C17H21NO3. The monoisotopic (exact) mass is 287 g/mol. The molecule has 1 saturated heterocycles. The normalized spacial score (nSPS) is 20.7. The fourth-order valence-electron chi connectivity index (χ4n) is 2.44. The molecule has 4 heteroatoms. The molecule has 21 heavy (non-hydrogen) atoms. The maximum absolute atomic E-state index is 12.2. The van der Waals surface area contributed by atoms with Crippen LogP contribution in [0.15, 0.2) is 18.2 Å². The van der Waals surface area contributed by atoms with Crippen LogP contribution in [0.4, 0.5) is 5.69 Å². The van der Waals surface area contributed by atoms with Crippen LogP contribution in [-0.4, -0.2) is 29.8 Å². The summed E-state index contributed by atoms with van der Waals surface area (Å²) in [4.78, 5) is 12.2. The van der Waals surface area contributed by atoms with E-state index < -0.39 is 0 Å². The molecule has 0 aromatic heterocycles. The average Bonchev–Trinajstić information content (AvgIpc) is 2.92. The number of hydrogen-bond donors (Lipinski definition) is 2. The van der Waals surface area contributed by atoms with Crippen molar-refractivity contribution in [2.45, 2.75) is 45.3 Å². The summed E-state index contributed by atoms with van der Waals surface area (Å²) in [6.07, 6.45) is 2.30. The number of rotatable bonds is 3. The fourth-order valence-corrected chi connectivity index (χ4v) is 2.44. The molecule has 2 N–H and O–H groups in total. The van der Waals surface area contributed by atoms with E-state index in [0.717, 1.165) is 36.1 Å². The Labute approximate surface area is 125 Å². The van der Waals surface area contributed by atoms with Gasteiger partial charge < -0.3 is 15.2 Å². The molecule has 1 aromatic carbocycles. The SMILES string of the molecule is CCc1cc(C#CCO)ccc1NC(=O)C1CCC(C)O1. The Bertz CT molecular complexity index is 571. The minimum absolute atomic E-state index is 0.0803. The summed E-state index contributed by atoms with van der Waals surface area (Å²) in [7, 11) is 0. The van der Waals surface area contributed by atoms with Gasteiger partial charge in [0.25, 0.3) is 5.91 Å². The molecular weight excluding hydrogens is 266 g/mol. The number of benzene rings is 1. The summed E-state index contributed by atoms with van der Waals surface area (Å²) < 4.78 is 5.58. The molecule has 1 aliphatic heterocycles. The molecule has 0 radical (unpaired) electrons. The van der Waals surface area contributed by atoms with Crippen LogP contribution in [-0.2, 0) is 16.0 Å². The van der Waals surface area contributed by atoms with Crippen molar-refractivity contribution in [2.24, 2.45) is 0 Å². The number of anilines is 1. The van der Waals surface area contributed by atoms with Crippen LogP contribution < -0.4 is 5.32 Å². The van der Waals surface area contributed by atoms with Crippen LogP contribution in [0.5, 0.6) is 0 Å². The van der Waals surface area contributed by atoms with E-state index in [1.165, 1.54) is 0 Å². The lowest BCUT2D eigenvalue weighted by atomic mass is 10.1. The van der Waals surface area contributed by atoms with Crippen LogP contribution in [0.2, 0.25) is 0 Å². The molecule has 1 heterocycles. The van der Waals surface area contributed by atoms with Crippen molar-refractivity contribution >= 4 is 11.6 Å². The maximum atomic E-state index is 12.2. The highest BCUT2D eigenvalue weighted by atomic mass is 16.5. The summed E-state index contributed by atoms with van der Waals surface area (Å²) in [5.74, 6) is 5.42. The average molecular weight is 287 g/mol. The largest absolute Gasteiger partial charge is 0.384 e. The van der Waals surface area contributed by atoms with Gasteiger partial charge in [-0.1, -0.05) is 18.8 Å². The van der Waals surface area contributed by atoms with Crippen LogP contribution in [0.3, 0.4) is 0 Å². The van der Waals surface area contributed by atoms with E-state index in [0.29, 0.717) is 0 Å². The van der Waals surface area contributed by atoms with Gasteiger partial charge in [0.15, 0.2) is 0 Å². The van der Waals surface area contributed by atoms with Crippen LogP contribution in [0, 0.1) is 11.8 Å². The maximum Gasteiger partial charge on any atom is 0.253 e. The third-order valence-electron chi connectivity index (χ3n) is 3.58. The van der Waals surface area contributed by atoms with Crippen molar-refractivity contribution in [1.82, 2.24) is 0 Å². The molecule has 0 bridgehead atoms. The van der Waals surface area contributed by atoms with Crippen molar-refractivity contribution in [3.63, 3.8) is 0 Å². The summed E-state index contributed by atoms with van der Waals surface area (Å²) >= 11 is 0. The lowest BCUT2D eigenvalue weighted by Gasteiger charge is -2.14. The fraction of sp³-hybridized carbons (Fsp3) is 0.471. The highest BCUT2D eigenvalue weighted by Crippen LogP contribution is 2.23. The lowest BCUT2D eigenvalue weighted by Crippen LogP contribution is -2.28. The molecule has 1 aromatic rings. The van der Waals surface area contributed by atoms with Gasteiger partial charge in [-0.25, -0.2) is 0 Å². The Morgan fingerprint density at radius 1 is 1.48 bits per heavy atom. The standard InChI is InChI=1S/C17H21NO3/c1-3-14-11-13(5-4-10-19)7-8-15(14)18-17(20)16-9-6-12(2)21-16/h7-8,11-12,16,19H,3,6,9-10H2,1-2H3,(H,18,20). The third-order valence-corrected chi connectivity index (χ3v) is 3.58. The van der Waals surface area contributed by atoms with E-state index in [9.17, 15) is 4.79 Å². The lowest BCUT2D eigenvalue weighted by molar-refractivity contribution is -0.126. The molecule has 4 nitrogen and oxygen atoms in total. The highest BCUT2D eigenvalue weighted by molar-refractivity contribution is 5.95. The van der Waals surface area contributed by atoms with Crippen molar-refractivity contribution < 1.29 is 14.6 Å². The van der Waals surface area contributed by atoms with Gasteiger partial charge in [-0.15, -0.1) is 0 Å². The molecule has 2 unspecified atom stereocenters.